The molecule has 0 saturated carbocycles. The smallest absolute Gasteiger partial charge is 0.248 e. The molecule has 0 unspecified atom stereocenters. The number of hydrogen-bond donors (Lipinski definition) is 0. The van der Waals surface area contributed by atoms with E-state index in [-0.39, 0.29) is 43.4 Å². The number of benzene rings is 1. The Morgan fingerprint density at radius 3 is 2.43 bits per heavy atom. The lowest BCUT2D eigenvalue weighted by atomic mass is 10.2. The van der Waals surface area contributed by atoms with Gasteiger partial charge in [0.05, 0.1) is 6.54 Å². The molecule has 1 fully saturated rings. The highest BCUT2D eigenvalue weighted by atomic mass is 35.5. The van der Waals surface area contributed by atoms with Gasteiger partial charge in [0, 0.05) is 23.7 Å². The lowest BCUT2D eigenvalue weighted by molar-refractivity contribution is -0.140. The van der Waals surface area contributed by atoms with Crippen LogP contribution in [0.15, 0.2) is 24.3 Å². The van der Waals surface area contributed by atoms with Crippen molar-refractivity contribution in [3.8, 4) is 0 Å². The fraction of sp³-hybridized carbons (Fsp3) is 0.438. The van der Waals surface area contributed by atoms with Gasteiger partial charge in [-0.05, 0) is 24.3 Å². The zero-order valence-corrected chi connectivity index (χ0v) is 14.2. The number of halogens is 1. The van der Waals surface area contributed by atoms with Gasteiger partial charge in [-0.3, -0.25) is 19.3 Å². The minimum Gasteiger partial charge on any atom is -0.336 e. The van der Waals surface area contributed by atoms with Crippen LogP contribution in [-0.2, 0) is 14.4 Å². The summed E-state index contributed by atoms with van der Waals surface area (Å²) < 4.78 is 0. The Morgan fingerprint density at radius 2 is 1.87 bits per heavy atom. The van der Waals surface area contributed by atoms with E-state index < -0.39 is 0 Å². The summed E-state index contributed by atoms with van der Waals surface area (Å²) in [6.45, 7) is 3.74. The Balaban J connectivity index is 2.00. The zero-order valence-electron chi connectivity index (χ0n) is 13.5. The highest BCUT2D eigenvalue weighted by Crippen LogP contribution is 2.21. The Bertz CT molecular complexity index is 616. The van der Waals surface area contributed by atoms with Crippen molar-refractivity contribution in [3.05, 3.63) is 29.3 Å². The first kappa shape index (κ1) is 17.3. The summed E-state index contributed by atoms with van der Waals surface area (Å²) in [6, 6.07) is 6.87. The van der Waals surface area contributed by atoms with Crippen LogP contribution in [-0.4, -0.2) is 54.3 Å². The van der Waals surface area contributed by atoms with Crippen LogP contribution in [0.5, 0.6) is 0 Å². The van der Waals surface area contributed by atoms with Crippen LogP contribution in [0.1, 0.15) is 13.8 Å². The van der Waals surface area contributed by atoms with Gasteiger partial charge in [-0.25, -0.2) is 0 Å². The van der Waals surface area contributed by atoms with Crippen LogP contribution in [0, 0.1) is 5.92 Å². The van der Waals surface area contributed by atoms with Gasteiger partial charge in [-0.1, -0.05) is 25.4 Å². The first-order valence-electron chi connectivity index (χ1n) is 7.38. The zero-order chi connectivity index (χ0) is 17.1. The van der Waals surface area contributed by atoms with Gasteiger partial charge >= 0.3 is 0 Å². The third-order valence-electron chi connectivity index (χ3n) is 3.67. The average molecular weight is 338 g/mol. The summed E-state index contributed by atoms with van der Waals surface area (Å²) in [5.74, 6) is -0.665. The quantitative estimate of drug-likeness (QED) is 0.838. The van der Waals surface area contributed by atoms with Gasteiger partial charge < -0.3 is 9.80 Å². The number of hydrogen-bond acceptors (Lipinski definition) is 3. The molecule has 7 heteroatoms. The van der Waals surface area contributed by atoms with Crippen molar-refractivity contribution < 1.29 is 14.4 Å². The molecule has 0 radical (unpaired) electrons. The number of carbonyl (C=O) groups is 3. The molecule has 124 valence electrons. The molecular weight excluding hydrogens is 318 g/mol. The second-order valence-corrected chi connectivity index (χ2v) is 6.32. The number of likely N-dealkylation sites (N-methyl/N-ethyl adjacent to an activating group) is 1. The fourth-order valence-electron chi connectivity index (χ4n) is 2.38. The first-order chi connectivity index (χ1) is 10.8. The van der Waals surface area contributed by atoms with Gasteiger partial charge in [-0.2, -0.15) is 0 Å². The molecule has 0 aromatic heterocycles. The molecule has 1 aromatic carbocycles. The van der Waals surface area contributed by atoms with Crippen molar-refractivity contribution in [2.45, 2.75) is 13.8 Å². The average Bonchev–Trinajstić information content (AvgIpc) is 2.89. The summed E-state index contributed by atoms with van der Waals surface area (Å²) in [5.41, 5.74) is 0.696. The van der Waals surface area contributed by atoms with Crippen molar-refractivity contribution in [1.29, 1.82) is 0 Å². The normalized spacial score (nSPS) is 14.6. The van der Waals surface area contributed by atoms with Crippen LogP contribution in [0.25, 0.3) is 0 Å². The van der Waals surface area contributed by atoms with E-state index in [4.69, 9.17) is 11.6 Å². The number of nitrogens with zero attached hydrogens (tertiary/aromatic N) is 3. The molecule has 2 rings (SSSR count). The third-order valence-corrected chi connectivity index (χ3v) is 3.92. The molecular formula is C16H20ClN3O3. The van der Waals surface area contributed by atoms with E-state index in [1.807, 2.05) is 0 Å². The van der Waals surface area contributed by atoms with E-state index in [1.54, 1.807) is 45.2 Å². The molecule has 1 aliphatic heterocycles. The van der Waals surface area contributed by atoms with E-state index in [9.17, 15) is 14.4 Å². The number of amides is 3. The number of carbonyl (C=O) groups excluding carboxylic acids is 3. The molecule has 1 heterocycles. The van der Waals surface area contributed by atoms with Crippen molar-refractivity contribution in [2.75, 3.05) is 31.7 Å². The number of rotatable bonds is 4. The highest BCUT2D eigenvalue weighted by Gasteiger charge is 2.32. The van der Waals surface area contributed by atoms with Gasteiger partial charge in [0.1, 0.15) is 13.2 Å². The van der Waals surface area contributed by atoms with Crippen LogP contribution in [0.2, 0.25) is 5.02 Å². The Hall–Kier alpha value is -2.08. The predicted octanol–water partition coefficient (Wildman–Crippen LogP) is 1.59. The van der Waals surface area contributed by atoms with Gasteiger partial charge in [0.15, 0.2) is 0 Å². The van der Waals surface area contributed by atoms with Crippen LogP contribution in [0.4, 0.5) is 5.69 Å². The SMILES string of the molecule is CC(C)C(=O)N(C)CC(=O)N1CC(=O)N(c2ccc(Cl)cc2)C1. The summed E-state index contributed by atoms with van der Waals surface area (Å²) in [7, 11) is 1.59. The topological polar surface area (TPSA) is 60.9 Å². The van der Waals surface area contributed by atoms with E-state index >= 15 is 0 Å². The molecule has 1 aliphatic rings. The second-order valence-electron chi connectivity index (χ2n) is 5.88. The van der Waals surface area contributed by atoms with E-state index in [1.165, 1.54) is 14.7 Å². The summed E-state index contributed by atoms with van der Waals surface area (Å²) in [5, 5.41) is 0.585. The molecule has 0 N–H and O–H groups in total. The lowest BCUT2D eigenvalue weighted by Gasteiger charge is -2.23. The van der Waals surface area contributed by atoms with Crippen molar-refractivity contribution in [1.82, 2.24) is 9.80 Å². The standard InChI is InChI=1S/C16H20ClN3O3/c1-11(2)16(23)18(3)8-14(21)19-9-15(22)20(10-19)13-6-4-12(17)5-7-13/h4-7,11H,8-10H2,1-3H3. The largest absolute Gasteiger partial charge is 0.336 e. The Morgan fingerprint density at radius 1 is 1.26 bits per heavy atom. The van der Waals surface area contributed by atoms with Gasteiger partial charge in [-0.15, -0.1) is 0 Å². The molecule has 1 aromatic rings. The van der Waals surface area contributed by atoms with Crippen LogP contribution < -0.4 is 4.90 Å². The van der Waals surface area contributed by atoms with Crippen molar-refractivity contribution in [2.24, 2.45) is 5.92 Å². The van der Waals surface area contributed by atoms with Crippen LogP contribution >= 0.6 is 11.6 Å². The minimum absolute atomic E-state index is 0.0190. The summed E-state index contributed by atoms with van der Waals surface area (Å²) in [4.78, 5) is 40.6. The molecule has 6 nitrogen and oxygen atoms in total. The molecule has 0 aliphatic carbocycles. The summed E-state index contributed by atoms with van der Waals surface area (Å²) in [6.07, 6.45) is 0. The first-order valence-corrected chi connectivity index (χ1v) is 7.76. The van der Waals surface area contributed by atoms with Crippen molar-refractivity contribution in [3.63, 3.8) is 0 Å². The Labute approximate surface area is 140 Å². The summed E-state index contributed by atoms with van der Waals surface area (Å²) >= 11 is 5.84. The monoisotopic (exact) mass is 337 g/mol. The number of anilines is 1. The molecule has 0 spiro atoms. The second kappa shape index (κ2) is 7.00. The molecule has 1 saturated heterocycles. The molecule has 23 heavy (non-hydrogen) atoms. The van der Waals surface area contributed by atoms with E-state index in [2.05, 4.69) is 0 Å². The third kappa shape index (κ3) is 4.01. The van der Waals surface area contributed by atoms with Crippen LogP contribution in [0.3, 0.4) is 0 Å². The van der Waals surface area contributed by atoms with E-state index in [0.717, 1.165) is 0 Å². The highest BCUT2D eigenvalue weighted by molar-refractivity contribution is 6.30. The Kier molecular flexibility index (Phi) is 5.26. The predicted molar refractivity (Wildman–Crippen MR) is 88.0 cm³/mol. The maximum absolute atomic E-state index is 12.3. The molecule has 0 bridgehead atoms. The molecule has 0 atom stereocenters. The van der Waals surface area contributed by atoms with Gasteiger partial charge in [0.2, 0.25) is 17.7 Å². The lowest BCUT2D eigenvalue weighted by Crippen LogP contribution is -2.42. The van der Waals surface area contributed by atoms with Gasteiger partial charge in [0.25, 0.3) is 0 Å². The van der Waals surface area contributed by atoms with E-state index in [0.29, 0.717) is 10.7 Å². The fourth-order valence-corrected chi connectivity index (χ4v) is 2.51. The maximum Gasteiger partial charge on any atom is 0.248 e. The van der Waals surface area contributed by atoms with Crippen molar-refractivity contribution >= 4 is 35.0 Å². The minimum atomic E-state index is -0.244. The molecule has 3 amide bonds. The maximum atomic E-state index is 12.3.